The van der Waals surface area contributed by atoms with Crippen molar-refractivity contribution in [1.29, 1.82) is 0 Å². The Balaban J connectivity index is 0.000000596. The van der Waals surface area contributed by atoms with Crippen LogP contribution in [0.2, 0.25) is 0 Å². The predicted molar refractivity (Wildman–Crippen MR) is 100 cm³/mol. The van der Waals surface area contributed by atoms with Crippen molar-refractivity contribution in [3.05, 3.63) is 90.5 Å². The standard InChI is InChI=1S/C22H23S.IO3/c1-22(2,3)18-14-16-21(17-15-18)23(19-10-6-4-7-11-19)20-12-8-5-9-13-20;2-1(3)4/h4-17H,1-3H3;/q+1;-1. The minimum absolute atomic E-state index is 0.0497. The highest BCUT2D eigenvalue weighted by molar-refractivity contribution is 7.97. The maximum Gasteiger partial charge on any atom is 0.282 e. The molecule has 3 aromatic rings. The molecule has 0 saturated heterocycles. The third-order valence-corrected chi connectivity index (χ3v) is 6.14. The maximum absolute atomic E-state index is 8.57. The van der Waals surface area contributed by atoms with Gasteiger partial charge in [-0.2, -0.15) is 0 Å². The van der Waals surface area contributed by atoms with E-state index in [0.29, 0.717) is 0 Å². The molecular weight excluding hydrogens is 471 g/mol. The second-order valence-corrected chi connectivity index (χ2v) is 10.0. The fourth-order valence-corrected chi connectivity index (χ4v) is 4.70. The molecule has 0 saturated carbocycles. The number of rotatable bonds is 3. The van der Waals surface area contributed by atoms with Gasteiger partial charge in [-0.1, -0.05) is 69.3 Å². The Bertz CT molecular complexity index is 758. The van der Waals surface area contributed by atoms with Crippen LogP contribution in [0.3, 0.4) is 0 Å². The van der Waals surface area contributed by atoms with E-state index in [9.17, 15) is 0 Å². The number of benzene rings is 3. The monoisotopic (exact) mass is 494 g/mol. The number of hydrogen-bond donors (Lipinski definition) is 0. The lowest BCUT2D eigenvalue weighted by Gasteiger charge is -2.19. The molecule has 0 heterocycles. The Hall–Kier alpha value is -1.38. The highest BCUT2D eigenvalue weighted by Gasteiger charge is 2.28. The molecule has 0 aliphatic carbocycles. The molecule has 0 unspecified atom stereocenters. The summed E-state index contributed by atoms with van der Waals surface area (Å²) in [5, 5.41) is 0. The van der Waals surface area contributed by atoms with Crippen molar-refractivity contribution in [1.82, 2.24) is 0 Å². The van der Waals surface area contributed by atoms with Crippen LogP contribution in [-0.4, -0.2) is 0 Å². The average Bonchev–Trinajstić information content (AvgIpc) is 2.63. The second-order valence-electron chi connectivity index (χ2n) is 6.90. The smallest absolute Gasteiger partial charge is 0.282 e. The fourth-order valence-electron chi connectivity index (χ4n) is 2.61. The Morgan fingerprint density at radius 3 is 1.26 bits per heavy atom. The van der Waals surface area contributed by atoms with Gasteiger partial charge in [0.05, 0.1) is 10.9 Å². The summed E-state index contributed by atoms with van der Waals surface area (Å²) in [6, 6.07) is 30.7. The van der Waals surface area contributed by atoms with Gasteiger partial charge in [0.25, 0.3) is 21.1 Å². The van der Waals surface area contributed by atoms with Crippen LogP contribution in [-0.2, 0) is 16.3 Å². The van der Waals surface area contributed by atoms with Gasteiger partial charge in [-0.25, -0.2) is 0 Å². The van der Waals surface area contributed by atoms with E-state index in [0.717, 1.165) is 0 Å². The van der Waals surface area contributed by atoms with Gasteiger partial charge in [-0.3, -0.25) is 0 Å². The van der Waals surface area contributed by atoms with Crippen molar-refractivity contribution >= 4 is 10.9 Å². The van der Waals surface area contributed by atoms with Crippen molar-refractivity contribution in [3.63, 3.8) is 0 Å². The van der Waals surface area contributed by atoms with E-state index in [1.54, 1.807) is 0 Å². The highest BCUT2D eigenvalue weighted by atomic mass is 127. The van der Waals surface area contributed by atoms with Crippen LogP contribution in [0.15, 0.2) is 99.6 Å². The summed E-state index contributed by atoms with van der Waals surface area (Å²) in [6.07, 6.45) is 0. The maximum atomic E-state index is 8.57. The van der Waals surface area contributed by atoms with Gasteiger partial charge < -0.3 is 10.3 Å². The summed E-state index contributed by atoms with van der Waals surface area (Å²) >= 11 is -4.01. The normalized spacial score (nSPS) is 11.3. The van der Waals surface area contributed by atoms with Gasteiger partial charge in [0, 0.05) is 0 Å². The van der Waals surface area contributed by atoms with Crippen LogP contribution in [0.1, 0.15) is 26.3 Å². The molecule has 3 rings (SSSR count). The van der Waals surface area contributed by atoms with E-state index in [2.05, 4.69) is 106 Å². The zero-order valence-corrected chi connectivity index (χ0v) is 18.6. The molecule has 142 valence electrons. The summed E-state index contributed by atoms with van der Waals surface area (Å²) in [5.41, 5.74) is 1.57. The molecule has 0 bridgehead atoms. The predicted octanol–water partition coefficient (Wildman–Crippen LogP) is -0.483. The quantitative estimate of drug-likeness (QED) is 0.365. The SMILES string of the molecule is CC(C)(C)c1ccc([S+](c2ccccc2)c2ccccc2)cc1.[O-][I+2]([O-])[O-]. The van der Waals surface area contributed by atoms with Gasteiger partial charge in [-0.15, -0.1) is 0 Å². The van der Waals surface area contributed by atoms with Gasteiger partial charge in [0.1, 0.15) is 0 Å². The first-order valence-corrected chi connectivity index (χ1v) is 12.3. The van der Waals surface area contributed by atoms with Gasteiger partial charge >= 0.3 is 0 Å². The van der Waals surface area contributed by atoms with Crippen LogP contribution in [0.5, 0.6) is 0 Å². The van der Waals surface area contributed by atoms with Crippen molar-refractivity contribution in [2.45, 2.75) is 40.9 Å². The lowest BCUT2D eigenvalue weighted by atomic mass is 9.87. The Morgan fingerprint density at radius 1 is 0.593 bits per heavy atom. The molecule has 0 atom stereocenters. The summed E-state index contributed by atoms with van der Waals surface area (Å²) < 4.78 is 25.7. The average molecular weight is 494 g/mol. The molecule has 0 spiro atoms. The van der Waals surface area contributed by atoms with Crippen LogP contribution in [0.25, 0.3) is 0 Å². The Labute approximate surface area is 173 Å². The van der Waals surface area contributed by atoms with Crippen LogP contribution < -0.4 is 31.4 Å². The third kappa shape index (κ3) is 6.93. The Morgan fingerprint density at radius 2 is 0.926 bits per heavy atom. The highest BCUT2D eigenvalue weighted by Crippen LogP contribution is 2.32. The van der Waals surface area contributed by atoms with Gasteiger partial charge in [-0.05, 0) is 47.4 Å². The molecule has 0 amide bonds. The summed E-state index contributed by atoms with van der Waals surface area (Å²) in [4.78, 5) is 4.10. The first-order chi connectivity index (χ1) is 12.8. The minimum atomic E-state index is -4.01. The van der Waals surface area contributed by atoms with Gasteiger partial charge in [0.15, 0.2) is 14.7 Å². The zero-order chi connectivity index (χ0) is 19.9. The topological polar surface area (TPSA) is 69.2 Å². The summed E-state index contributed by atoms with van der Waals surface area (Å²) in [7, 11) is -0.0497. The molecule has 0 radical (unpaired) electrons. The fraction of sp³-hybridized carbons (Fsp3) is 0.182. The minimum Gasteiger partial charge on any atom is -0.427 e. The van der Waals surface area contributed by atoms with E-state index < -0.39 is 21.1 Å². The Kier molecular flexibility index (Phi) is 8.31. The number of hydrogen-bond acceptors (Lipinski definition) is 3. The molecule has 0 aromatic heterocycles. The summed E-state index contributed by atoms with van der Waals surface area (Å²) in [6.45, 7) is 6.78. The van der Waals surface area contributed by atoms with E-state index in [1.165, 1.54) is 20.2 Å². The van der Waals surface area contributed by atoms with Crippen LogP contribution in [0, 0.1) is 0 Å². The molecule has 0 N–H and O–H groups in total. The van der Waals surface area contributed by atoms with E-state index in [1.807, 2.05) is 0 Å². The van der Waals surface area contributed by atoms with Crippen molar-refractivity contribution in [2.24, 2.45) is 0 Å². The third-order valence-electron chi connectivity index (χ3n) is 3.91. The largest absolute Gasteiger partial charge is 0.427 e. The first kappa shape index (κ1) is 21.9. The summed E-state index contributed by atoms with van der Waals surface area (Å²) in [5.74, 6) is 0. The van der Waals surface area contributed by atoms with Crippen molar-refractivity contribution in [2.75, 3.05) is 0 Å². The zero-order valence-electron chi connectivity index (χ0n) is 15.6. The second kappa shape index (κ2) is 10.2. The molecule has 0 fully saturated rings. The number of halogens is 1. The lowest BCUT2D eigenvalue weighted by molar-refractivity contribution is -1.73. The van der Waals surface area contributed by atoms with E-state index in [4.69, 9.17) is 10.3 Å². The lowest BCUT2D eigenvalue weighted by Crippen LogP contribution is -4.05. The molecular formula is C22H23IO3S. The molecule has 3 aromatic carbocycles. The van der Waals surface area contributed by atoms with Crippen molar-refractivity contribution < 1.29 is 31.4 Å². The van der Waals surface area contributed by atoms with Crippen molar-refractivity contribution in [3.8, 4) is 0 Å². The molecule has 27 heavy (non-hydrogen) atoms. The van der Waals surface area contributed by atoms with E-state index >= 15 is 0 Å². The van der Waals surface area contributed by atoms with E-state index in [-0.39, 0.29) is 16.3 Å². The molecule has 5 heteroatoms. The molecule has 0 aliphatic rings. The first-order valence-electron chi connectivity index (χ1n) is 8.47. The van der Waals surface area contributed by atoms with Crippen LogP contribution >= 0.6 is 0 Å². The molecule has 0 aliphatic heterocycles. The molecule has 3 nitrogen and oxygen atoms in total. The van der Waals surface area contributed by atoms with Crippen LogP contribution in [0.4, 0.5) is 0 Å². The van der Waals surface area contributed by atoms with Gasteiger partial charge in [0.2, 0.25) is 0 Å².